The third-order valence-corrected chi connectivity index (χ3v) is 5.24. The molecule has 0 bridgehead atoms. The van der Waals surface area contributed by atoms with Gasteiger partial charge in [-0.2, -0.15) is 5.10 Å². The van der Waals surface area contributed by atoms with Gasteiger partial charge in [-0.1, -0.05) is 0 Å². The first-order valence-electron chi connectivity index (χ1n) is 7.61. The number of aromatic nitrogens is 2. The van der Waals surface area contributed by atoms with Crippen LogP contribution in [0.5, 0.6) is 0 Å². The van der Waals surface area contributed by atoms with Gasteiger partial charge in [0.25, 0.3) is 0 Å². The normalized spacial score (nSPS) is 16.2. The van der Waals surface area contributed by atoms with Gasteiger partial charge in [0.1, 0.15) is 10.3 Å². The molecule has 0 unspecified atom stereocenters. The van der Waals surface area contributed by atoms with Crippen LogP contribution >= 0.6 is 15.9 Å². The summed E-state index contributed by atoms with van der Waals surface area (Å²) in [5.74, 6) is 0. The van der Waals surface area contributed by atoms with Crippen molar-refractivity contribution in [2.75, 3.05) is 12.1 Å². The van der Waals surface area contributed by atoms with Gasteiger partial charge in [0.2, 0.25) is 0 Å². The lowest BCUT2D eigenvalue weighted by Crippen LogP contribution is -2.02. The standard InChI is InChI=1S/C16H20BrF2N3/c1-10-8-13(20-9-18)14-11(2)12(15(17)22(14)21-10)4-3-5-16(19)6-7-16/h8,20H,3-7,9H2,1-2H3. The predicted octanol–water partition coefficient (Wildman–Crippen LogP) is 4.88. The van der Waals surface area contributed by atoms with Gasteiger partial charge in [-0.15, -0.1) is 0 Å². The number of alkyl halides is 2. The Morgan fingerprint density at radius 1 is 1.41 bits per heavy atom. The van der Waals surface area contributed by atoms with E-state index in [9.17, 15) is 8.78 Å². The zero-order valence-electron chi connectivity index (χ0n) is 12.8. The van der Waals surface area contributed by atoms with E-state index in [2.05, 4.69) is 26.3 Å². The molecule has 22 heavy (non-hydrogen) atoms. The highest BCUT2D eigenvalue weighted by Gasteiger charge is 2.42. The minimum atomic E-state index is -0.907. The van der Waals surface area contributed by atoms with E-state index in [1.807, 2.05) is 19.9 Å². The van der Waals surface area contributed by atoms with Crippen LogP contribution in [0, 0.1) is 13.8 Å². The molecule has 0 spiro atoms. The van der Waals surface area contributed by atoms with Crippen molar-refractivity contribution in [1.29, 1.82) is 0 Å². The summed E-state index contributed by atoms with van der Waals surface area (Å²) >= 11 is 3.60. The Kier molecular flexibility index (Phi) is 4.14. The quantitative estimate of drug-likeness (QED) is 0.733. The summed E-state index contributed by atoms with van der Waals surface area (Å²) in [4.78, 5) is 0. The molecular weight excluding hydrogens is 352 g/mol. The second-order valence-electron chi connectivity index (χ2n) is 6.17. The Balaban J connectivity index is 1.94. The first kappa shape index (κ1) is 15.7. The van der Waals surface area contributed by atoms with Crippen LogP contribution in [0.3, 0.4) is 0 Å². The molecule has 6 heteroatoms. The summed E-state index contributed by atoms with van der Waals surface area (Å²) in [6.45, 7) is 3.27. The summed E-state index contributed by atoms with van der Waals surface area (Å²) in [6, 6.07) is 1.85. The molecule has 2 aromatic heterocycles. The summed E-state index contributed by atoms with van der Waals surface area (Å²) in [5.41, 5.74) is 3.72. The topological polar surface area (TPSA) is 29.3 Å². The molecule has 0 aliphatic heterocycles. The molecule has 3 rings (SSSR count). The predicted molar refractivity (Wildman–Crippen MR) is 88.0 cm³/mol. The highest BCUT2D eigenvalue weighted by molar-refractivity contribution is 9.10. The largest absolute Gasteiger partial charge is 0.357 e. The van der Waals surface area contributed by atoms with Gasteiger partial charge in [-0.3, -0.25) is 0 Å². The average Bonchev–Trinajstić information content (AvgIpc) is 3.14. The third-order valence-electron chi connectivity index (χ3n) is 4.42. The molecule has 0 saturated heterocycles. The molecule has 2 aromatic rings. The second kappa shape index (κ2) is 5.80. The fourth-order valence-electron chi connectivity index (χ4n) is 3.02. The van der Waals surface area contributed by atoms with Crippen molar-refractivity contribution >= 4 is 27.1 Å². The minimum absolute atomic E-state index is 0.618. The number of anilines is 1. The number of rotatable bonds is 6. The molecule has 0 radical (unpaired) electrons. The first-order valence-corrected chi connectivity index (χ1v) is 8.40. The Labute approximate surface area is 137 Å². The number of hydrogen-bond acceptors (Lipinski definition) is 2. The first-order chi connectivity index (χ1) is 10.4. The molecule has 1 N–H and O–H groups in total. The Bertz CT molecular complexity index is 707. The van der Waals surface area contributed by atoms with E-state index >= 15 is 0 Å². The Morgan fingerprint density at radius 2 is 2.14 bits per heavy atom. The minimum Gasteiger partial charge on any atom is -0.357 e. The maximum atomic E-state index is 13.7. The van der Waals surface area contributed by atoms with E-state index in [1.165, 1.54) is 0 Å². The monoisotopic (exact) mass is 371 g/mol. The summed E-state index contributed by atoms with van der Waals surface area (Å²) < 4.78 is 29.2. The average molecular weight is 372 g/mol. The van der Waals surface area contributed by atoms with Crippen LogP contribution in [-0.2, 0) is 6.42 Å². The van der Waals surface area contributed by atoms with E-state index in [0.717, 1.165) is 45.5 Å². The van der Waals surface area contributed by atoms with Crippen molar-refractivity contribution in [3.8, 4) is 0 Å². The Morgan fingerprint density at radius 3 is 2.77 bits per heavy atom. The number of hydrogen-bond donors (Lipinski definition) is 1. The number of fused-ring (bicyclic) bond motifs is 1. The summed E-state index contributed by atoms with van der Waals surface area (Å²) in [5, 5.41) is 7.26. The van der Waals surface area contributed by atoms with Crippen molar-refractivity contribution < 1.29 is 8.78 Å². The number of nitrogens with zero attached hydrogens (tertiary/aromatic N) is 2. The molecule has 2 heterocycles. The van der Waals surface area contributed by atoms with Crippen molar-refractivity contribution in [3.05, 3.63) is 27.5 Å². The van der Waals surface area contributed by atoms with Gasteiger partial charge < -0.3 is 5.32 Å². The fraction of sp³-hybridized carbons (Fsp3) is 0.562. The van der Waals surface area contributed by atoms with Crippen LogP contribution in [0.25, 0.3) is 5.52 Å². The summed E-state index contributed by atoms with van der Waals surface area (Å²) in [6.07, 6.45) is 3.65. The number of aryl methyl sites for hydroxylation is 2. The molecule has 0 atom stereocenters. The van der Waals surface area contributed by atoms with Crippen LogP contribution in [-0.4, -0.2) is 22.1 Å². The molecule has 0 amide bonds. The number of halogens is 3. The van der Waals surface area contributed by atoms with Crippen LogP contribution in [0.1, 0.15) is 42.5 Å². The van der Waals surface area contributed by atoms with Gasteiger partial charge in [0, 0.05) is 0 Å². The van der Waals surface area contributed by atoms with Crippen molar-refractivity contribution in [1.82, 2.24) is 9.61 Å². The van der Waals surface area contributed by atoms with Gasteiger partial charge in [0.05, 0.1) is 16.9 Å². The van der Waals surface area contributed by atoms with Crippen LogP contribution in [0.4, 0.5) is 14.5 Å². The zero-order chi connectivity index (χ0) is 15.9. The van der Waals surface area contributed by atoms with Gasteiger partial charge in [-0.25, -0.2) is 13.3 Å². The smallest absolute Gasteiger partial charge is 0.159 e. The molecule has 0 aromatic carbocycles. The van der Waals surface area contributed by atoms with Gasteiger partial charge in [0.15, 0.2) is 6.80 Å². The van der Waals surface area contributed by atoms with Crippen LogP contribution in [0.2, 0.25) is 0 Å². The zero-order valence-corrected chi connectivity index (χ0v) is 14.4. The van der Waals surface area contributed by atoms with E-state index in [0.29, 0.717) is 19.3 Å². The maximum absolute atomic E-state index is 13.7. The highest BCUT2D eigenvalue weighted by Crippen LogP contribution is 2.44. The maximum Gasteiger partial charge on any atom is 0.159 e. The molecule has 3 nitrogen and oxygen atoms in total. The van der Waals surface area contributed by atoms with E-state index in [1.54, 1.807) is 4.52 Å². The van der Waals surface area contributed by atoms with E-state index in [4.69, 9.17) is 0 Å². The van der Waals surface area contributed by atoms with Crippen molar-refractivity contribution in [3.63, 3.8) is 0 Å². The van der Waals surface area contributed by atoms with Gasteiger partial charge >= 0.3 is 0 Å². The summed E-state index contributed by atoms with van der Waals surface area (Å²) in [7, 11) is 0. The molecule has 1 aliphatic rings. The van der Waals surface area contributed by atoms with Crippen molar-refractivity contribution in [2.45, 2.75) is 51.6 Å². The SMILES string of the molecule is Cc1cc(NCF)c2c(C)c(CCCC3(F)CC3)c(Br)n2n1. The fourth-order valence-corrected chi connectivity index (χ4v) is 3.77. The lowest BCUT2D eigenvalue weighted by molar-refractivity contribution is 0.284. The van der Waals surface area contributed by atoms with Crippen LogP contribution in [0.15, 0.2) is 10.7 Å². The molecule has 1 aliphatic carbocycles. The molecular formula is C16H20BrF2N3. The van der Waals surface area contributed by atoms with Crippen LogP contribution < -0.4 is 5.32 Å². The van der Waals surface area contributed by atoms with Crippen molar-refractivity contribution in [2.24, 2.45) is 0 Å². The lowest BCUT2D eigenvalue weighted by Gasteiger charge is -2.07. The van der Waals surface area contributed by atoms with E-state index < -0.39 is 12.5 Å². The van der Waals surface area contributed by atoms with Gasteiger partial charge in [-0.05, 0) is 79.1 Å². The lowest BCUT2D eigenvalue weighted by atomic mass is 10.0. The highest BCUT2D eigenvalue weighted by atomic mass is 79.9. The third kappa shape index (κ3) is 2.85. The molecule has 1 fully saturated rings. The van der Waals surface area contributed by atoms with E-state index in [-0.39, 0.29) is 0 Å². The second-order valence-corrected chi connectivity index (χ2v) is 6.92. The molecule has 1 saturated carbocycles. The molecule has 120 valence electrons. The Hall–Kier alpha value is -1.17. The number of nitrogens with one attached hydrogen (secondary N) is 1.